The van der Waals surface area contributed by atoms with Crippen molar-refractivity contribution >= 4 is 35.1 Å². The summed E-state index contributed by atoms with van der Waals surface area (Å²) in [5.74, 6) is -1.46. The van der Waals surface area contributed by atoms with Crippen molar-refractivity contribution in [1.82, 2.24) is 20.6 Å². The van der Waals surface area contributed by atoms with Gasteiger partial charge in [-0.15, -0.1) is 11.3 Å². The van der Waals surface area contributed by atoms with Crippen LogP contribution in [0.2, 0.25) is 0 Å². The van der Waals surface area contributed by atoms with E-state index >= 15 is 0 Å². The summed E-state index contributed by atoms with van der Waals surface area (Å²) in [7, 11) is 1.40. The molecule has 2 aromatic heterocycles. The summed E-state index contributed by atoms with van der Waals surface area (Å²) in [4.78, 5) is 42.4. The van der Waals surface area contributed by atoms with Crippen molar-refractivity contribution in [3.05, 3.63) is 28.9 Å². The predicted octanol–water partition coefficient (Wildman–Crippen LogP) is 1.40. The van der Waals surface area contributed by atoms with Crippen molar-refractivity contribution in [3.63, 3.8) is 0 Å². The molecule has 3 amide bonds. The Morgan fingerprint density at radius 2 is 2.04 bits per heavy atom. The quantitative estimate of drug-likeness (QED) is 0.645. The Morgan fingerprint density at radius 3 is 2.58 bits per heavy atom. The molecule has 0 bridgehead atoms. The molecule has 2 aromatic rings. The topological polar surface area (TPSA) is 133 Å². The Hall–Kier alpha value is -3.01. The molecule has 0 aliphatic rings. The number of thiazole rings is 1. The third kappa shape index (κ3) is 3.84. The molecule has 0 saturated carbocycles. The smallest absolute Gasteiger partial charge is 0.348 e. The van der Waals surface area contributed by atoms with Gasteiger partial charge < -0.3 is 15.7 Å². The first-order valence-corrected chi connectivity index (χ1v) is 7.75. The molecule has 0 aliphatic heterocycles. The molecular weight excluding hydrogens is 334 g/mol. The van der Waals surface area contributed by atoms with Crippen LogP contribution < -0.4 is 16.0 Å². The molecule has 24 heavy (non-hydrogen) atoms. The minimum Gasteiger partial charge on any atom is -0.477 e. The van der Waals surface area contributed by atoms with E-state index in [9.17, 15) is 19.5 Å². The van der Waals surface area contributed by atoms with Crippen LogP contribution in [0.15, 0.2) is 18.3 Å². The van der Waals surface area contributed by atoms with E-state index in [1.54, 1.807) is 19.1 Å². The fraction of sp³-hybridized carbons (Fsp3) is 0.214. The Balaban J connectivity index is 2.27. The van der Waals surface area contributed by atoms with E-state index in [2.05, 4.69) is 25.9 Å². The number of nitrogens with one attached hydrogen (secondary N) is 3. The maximum atomic E-state index is 11.7. The summed E-state index contributed by atoms with van der Waals surface area (Å²) >= 11 is 0.881. The first kappa shape index (κ1) is 17.3. The average molecular weight is 349 g/mol. The number of aromatic carboxylic acids is 1. The molecule has 2 rings (SSSR count). The third-order valence-corrected chi connectivity index (χ3v) is 3.95. The van der Waals surface area contributed by atoms with Crippen LogP contribution in [0.25, 0.3) is 10.6 Å². The number of carboxylic acids is 1. The van der Waals surface area contributed by atoms with E-state index in [1.807, 2.05) is 0 Å². The average Bonchev–Trinajstić information content (AvgIpc) is 3.00. The van der Waals surface area contributed by atoms with Gasteiger partial charge in [-0.1, -0.05) is 0 Å². The predicted molar refractivity (Wildman–Crippen MR) is 88.4 cm³/mol. The van der Waals surface area contributed by atoms with E-state index in [0.717, 1.165) is 11.3 Å². The number of hydrogen-bond donors (Lipinski definition) is 4. The van der Waals surface area contributed by atoms with Gasteiger partial charge in [0.15, 0.2) is 5.69 Å². The first-order chi connectivity index (χ1) is 11.5. The highest BCUT2D eigenvalue weighted by Gasteiger charge is 2.23. The number of carbonyl (C=O) groups is 3. The molecule has 0 radical (unpaired) electrons. The highest BCUT2D eigenvalue weighted by molar-refractivity contribution is 7.17. The molecule has 0 saturated heterocycles. The monoisotopic (exact) mass is 349 g/mol. The maximum absolute atomic E-state index is 11.7. The fourth-order valence-electron chi connectivity index (χ4n) is 1.78. The van der Waals surface area contributed by atoms with Gasteiger partial charge >= 0.3 is 12.0 Å². The van der Waals surface area contributed by atoms with Crippen molar-refractivity contribution in [2.45, 2.75) is 6.92 Å². The van der Waals surface area contributed by atoms with Gasteiger partial charge in [-0.25, -0.2) is 19.6 Å². The first-order valence-electron chi connectivity index (χ1n) is 6.93. The largest absolute Gasteiger partial charge is 0.477 e. The highest BCUT2D eigenvalue weighted by atomic mass is 32.1. The Bertz CT molecular complexity index is 772. The van der Waals surface area contributed by atoms with Crippen LogP contribution >= 0.6 is 11.3 Å². The molecule has 9 nitrogen and oxygen atoms in total. The SMILES string of the molecule is CCNC(=O)Nc1ccc(-c2nc(C(=O)NC)c(C(=O)O)s2)cn1. The second-order valence-electron chi connectivity index (χ2n) is 4.50. The second kappa shape index (κ2) is 7.51. The van der Waals surface area contributed by atoms with Gasteiger partial charge in [0.25, 0.3) is 5.91 Å². The van der Waals surface area contributed by atoms with Crippen molar-refractivity contribution in [2.24, 2.45) is 0 Å². The lowest BCUT2D eigenvalue weighted by Crippen LogP contribution is -2.28. The van der Waals surface area contributed by atoms with E-state index in [0.29, 0.717) is 22.9 Å². The molecule has 126 valence electrons. The lowest BCUT2D eigenvalue weighted by molar-refractivity contribution is 0.0696. The molecule has 10 heteroatoms. The lowest BCUT2D eigenvalue weighted by atomic mass is 10.3. The fourth-order valence-corrected chi connectivity index (χ4v) is 2.67. The number of carbonyl (C=O) groups excluding carboxylic acids is 2. The van der Waals surface area contributed by atoms with Gasteiger partial charge in [-0.2, -0.15) is 0 Å². The summed E-state index contributed by atoms with van der Waals surface area (Å²) in [6.07, 6.45) is 1.44. The van der Waals surface area contributed by atoms with Crippen molar-refractivity contribution in [2.75, 3.05) is 18.9 Å². The van der Waals surface area contributed by atoms with Gasteiger partial charge in [0.2, 0.25) is 0 Å². The highest BCUT2D eigenvalue weighted by Crippen LogP contribution is 2.28. The van der Waals surface area contributed by atoms with Crippen LogP contribution in [-0.2, 0) is 0 Å². The van der Waals surface area contributed by atoms with Crippen LogP contribution in [0.3, 0.4) is 0 Å². The van der Waals surface area contributed by atoms with E-state index < -0.39 is 11.9 Å². The Labute approximate surface area is 141 Å². The Kier molecular flexibility index (Phi) is 5.42. The summed E-state index contributed by atoms with van der Waals surface area (Å²) in [6, 6.07) is 2.82. The summed E-state index contributed by atoms with van der Waals surface area (Å²) in [6.45, 7) is 2.28. The molecule has 2 heterocycles. The normalized spacial score (nSPS) is 10.1. The molecule has 0 unspecified atom stereocenters. The van der Waals surface area contributed by atoms with E-state index in [1.165, 1.54) is 13.2 Å². The molecular formula is C14H15N5O4S. The van der Waals surface area contributed by atoms with Gasteiger partial charge in [0.05, 0.1) is 0 Å². The number of anilines is 1. The summed E-state index contributed by atoms with van der Waals surface area (Å²) in [5, 5.41) is 17.0. The number of rotatable bonds is 5. The zero-order chi connectivity index (χ0) is 17.7. The lowest BCUT2D eigenvalue weighted by Gasteiger charge is -2.05. The van der Waals surface area contributed by atoms with E-state index in [-0.39, 0.29) is 16.6 Å². The summed E-state index contributed by atoms with van der Waals surface area (Å²) in [5.41, 5.74) is 0.397. The minimum atomic E-state index is -1.22. The molecule has 0 spiro atoms. The maximum Gasteiger partial charge on any atom is 0.348 e. The van der Waals surface area contributed by atoms with E-state index in [4.69, 9.17) is 0 Å². The van der Waals surface area contributed by atoms with Crippen LogP contribution in [0.5, 0.6) is 0 Å². The number of nitrogens with zero attached hydrogens (tertiary/aromatic N) is 2. The number of hydrogen-bond acceptors (Lipinski definition) is 6. The molecule has 0 fully saturated rings. The molecule has 0 aliphatic carbocycles. The number of amides is 3. The third-order valence-electron chi connectivity index (χ3n) is 2.85. The van der Waals surface area contributed by atoms with Gasteiger partial charge in [-0.05, 0) is 19.1 Å². The second-order valence-corrected chi connectivity index (χ2v) is 5.50. The standard InChI is InChI=1S/C14H15N5O4S/c1-3-16-14(23)18-8-5-4-7(6-17-8)12-19-9(11(20)15-2)10(24-12)13(21)22/h4-6H,3H2,1-2H3,(H,15,20)(H,21,22)(H2,16,17,18,23). The van der Waals surface area contributed by atoms with Crippen molar-refractivity contribution in [1.29, 1.82) is 0 Å². The van der Waals surface area contributed by atoms with Crippen molar-refractivity contribution < 1.29 is 19.5 Å². The molecule has 4 N–H and O–H groups in total. The van der Waals surface area contributed by atoms with Gasteiger partial charge in [0, 0.05) is 25.4 Å². The summed E-state index contributed by atoms with van der Waals surface area (Å²) < 4.78 is 0. The molecule has 0 aromatic carbocycles. The van der Waals surface area contributed by atoms with Crippen LogP contribution in [0.4, 0.5) is 10.6 Å². The zero-order valence-corrected chi connectivity index (χ0v) is 13.7. The van der Waals surface area contributed by atoms with Crippen LogP contribution in [-0.4, -0.2) is 46.6 Å². The number of carboxylic acid groups (broad SMARTS) is 1. The zero-order valence-electron chi connectivity index (χ0n) is 12.9. The van der Waals surface area contributed by atoms with Gasteiger partial charge in [0.1, 0.15) is 15.7 Å². The Morgan fingerprint density at radius 1 is 1.29 bits per heavy atom. The van der Waals surface area contributed by atoms with Crippen LogP contribution in [0.1, 0.15) is 27.1 Å². The minimum absolute atomic E-state index is 0.144. The number of pyridine rings is 1. The van der Waals surface area contributed by atoms with Crippen LogP contribution in [0, 0.1) is 0 Å². The molecule has 0 atom stereocenters. The number of aromatic nitrogens is 2. The van der Waals surface area contributed by atoms with Gasteiger partial charge in [-0.3, -0.25) is 10.1 Å². The van der Waals surface area contributed by atoms with Crippen molar-refractivity contribution in [3.8, 4) is 10.6 Å². The number of urea groups is 1.